The lowest BCUT2D eigenvalue weighted by molar-refractivity contribution is -0.0615. The molecule has 0 unspecified atom stereocenters. The van der Waals surface area contributed by atoms with E-state index < -0.39 is 0 Å². The normalized spacial score (nSPS) is 19.1. The van der Waals surface area contributed by atoms with Gasteiger partial charge in [0, 0.05) is 29.9 Å². The molecule has 1 atom stereocenters. The monoisotopic (exact) mass is 374 g/mol. The van der Waals surface area contributed by atoms with Crippen LogP contribution >= 0.6 is 11.6 Å². The molecular weight excluding hydrogens is 352 g/mol. The molecule has 0 bridgehead atoms. The number of nitrogens with zero attached hydrogens (tertiary/aromatic N) is 1. The molecule has 1 amide bonds. The van der Waals surface area contributed by atoms with E-state index in [4.69, 9.17) is 16.3 Å². The number of rotatable bonds is 4. The quantitative estimate of drug-likeness (QED) is 0.893. The van der Waals surface area contributed by atoms with Crippen molar-refractivity contribution < 1.29 is 9.53 Å². The number of aromatic nitrogens is 1. The molecule has 26 heavy (non-hydrogen) atoms. The Kier molecular flexibility index (Phi) is 5.49. The van der Waals surface area contributed by atoms with Gasteiger partial charge in [0.25, 0.3) is 11.5 Å². The number of nitrogens with one attached hydrogen (secondary N) is 1. The lowest BCUT2D eigenvalue weighted by atomic mass is 9.94. The summed E-state index contributed by atoms with van der Waals surface area (Å²) in [5.74, 6) is -0.180. The maximum atomic E-state index is 12.6. The van der Waals surface area contributed by atoms with Crippen molar-refractivity contribution in [1.82, 2.24) is 9.88 Å². The standard InChI is InChI=1S/C20H23ClN2O3/c1-20(2)11-16(9-10-26-20)22-19(25)15-7-8-18(24)23(13-15)12-14-5-3-4-6-17(14)21/h3-8,13,16H,9-12H2,1-2H3,(H,22,25)/t16-/m1/s1. The van der Waals surface area contributed by atoms with Crippen molar-refractivity contribution >= 4 is 17.5 Å². The highest BCUT2D eigenvalue weighted by molar-refractivity contribution is 6.31. The minimum absolute atomic E-state index is 0.0650. The average Bonchev–Trinajstić information content (AvgIpc) is 2.58. The van der Waals surface area contributed by atoms with Crippen molar-refractivity contribution in [2.24, 2.45) is 0 Å². The molecule has 0 saturated carbocycles. The number of hydrogen-bond acceptors (Lipinski definition) is 3. The van der Waals surface area contributed by atoms with Gasteiger partial charge in [0.15, 0.2) is 0 Å². The molecule has 1 aliphatic heterocycles. The Morgan fingerprint density at radius 3 is 2.81 bits per heavy atom. The zero-order valence-corrected chi connectivity index (χ0v) is 15.8. The van der Waals surface area contributed by atoms with Gasteiger partial charge in [-0.15, -0.1) is 0 Å². The topological polar surface area (TPSA) is 60.3 Å². The number of amides is 1. The molecule has 1 aromatic carbocycles. The maximum Gasteiger partial charge on any atom is 0.252 e. The van der Waals surface area contributed by atoms with Crippen LogP contribution in [0.4, 0.5) is 0 Å². The highest BCUT2D eigenvalue weighted by Crippen LogP contribution is 2.24. The van der Waals surface area contributed by atoms with Crippen LogP contribution in [0.5, 0.6) is 0 Å². The van der Waals surface area contributed by atoms with Crippen LogP contribution < -0.4 is 10.9 Å². The fraction of sp³-hybridized carbons (Fsp3) is 0.400. The van der Waals surface area contributed by atoms with Gasteiger partial charge in [-0.1, -0.05) is 29.8 Å². The summed E-state index contributed by atoms with van der Waals surface area (Å²) >= 11 is 6.18. The Morgan fingerprint density at radius 1 is 1.31 bits per heavy atom. The van der Waals surface area contributed by atoms with Crippen molar-refractivity contribution in [1.29, 1.82) is 0 Å². The van der Waals surface area contributed by atoms with E-state index in [-0.39, 0.29) is 23.1 Å². The molecule has 3 rings (SSSR count). The predicted octanol–water partition coefficient (Wildman–Crippen LogP) is 3.24. The molecular formula is C20H23ClN2O3. The van der Waals surface area contributed by atoms with Crippen molar-refractivity contribution in [2.75, 3.05) is 6.61 Å². The van der Waals surface area contributed by atoms with Crippen LogP contribution in [0.2, 0.25) is 5.02 Å². The maximum absolute atomic E-state index is 12.6. The molecule has 1 N–H and O–H groups in total. The molecule has 1 saturated heterocycles. The van der Waals surface area contributed by atoms with Crippen LogP contribution in [0.1, 0.15) is 42.6 Å². The Morgan fingerprint density at radius 2 is 2.08 bits per heavy atom. The second-order valence-electron chi connectivity index (χ2n) is 7.25. The van der Waals surface area contributed by atoms with Gasteiger partial charge in [-0.2, -0.15) is 0 Å². The first-order valence-corrected chi connectivity index (χ1v) is 9.11. The van der Waals surface area contributed by atoms with E-state index in [9.17, 15) is 9.59 Å². The highest BCUT2D eigenvalue weighted by atomic mass is 35.5. The summed E-state index contributed by atoms with van der Waals surface area (Å²) in [6.07, 6.45) is 3.14. The van der Waals surface area contributed by atoms with E-state index >= 15 is 0 Å². The first kappa shape index (κ1) is 18.7. The van der Waals surface area contributed by atoms with E-state index in [2.05, 4.69) is 5.32 Å². The Labute approximate surface area is 157 Å². The summed E-state index contributed by atoms with van der Waals surface area (Å²) in [4.78, 5) is 24.8. The van der Waals surface area contributed by atoms with E-state index in [1.54, 1.807) is 18.3 Å². The third kappa shape index (κ3) is 4.54. The van der Waals surface area contributed by atoms with E-state index in [1.165, 1.54) is 10.6 Å². The number of halogens is 1. The van der Waals surface area contributed by atoms with Crippen LogP contribution in [0.15, 0.2) is 47.4 Å². The van der Waals surface area contributed by atoms with Gasteiger partial charge in [-0.25, -0.2) is 0 Å². The fourth-order valence-corrected chi connectivity index (χ4v) is 3.42. The molecule has 0 spiro atoms. The molecule has 2 aromatic rings. The first-order chi connectivity index (χ1) is 12.3. The lowest BCUT2D eigenvalue weighted by Crippen LogP contribution is -2.46. The summed E-state index contributed by atoms with van der Waals surface area (Å²) in [5, 5.41) is 3.65. The van der Waals surface area contributed by atoms with Crippen molar-refractivity contribution in [3.8, 4) is 0 Å². The zero-order valence-electron chi connectivity index (χ0n) is 15.0. The minimum atomic E-state index is -0.237. The molecule has 1 aromatic heterocycles. The largest absolute Gasteiger partial charge is 0.375 e. The number of ether oxygens (including phenoxy) is 1. The summed E-state index contributed by atoms with van der Waals surface area (Å²) < 4.78 is 7.19. The minimum Gasteiger partial charge on any atom is -0.375 e. The van der Waals surface area contributed by atoms with Gasteiger partial charge in [0.2, 0.25) is 0 Å². The number of benzene rings is 1. The van der Waals surface area contributed by atoms with Gasteiger partial charge in [-0.05, 0) is 44.4 Å². The van der Waals surface area contributed by atoms with Crippen LogP contribution in [0.25, 0.3) is 0 Å². The molecule has 5 nitrogen and oxygen atoms in total. The smallest absolute Gasteiger partial charge is 0.252 e. The number of hydrogen-bond donors (Lipinski definition) is 1. The van der Waals surface area contributed by atoms with E-state index in [1.807, 2.05) is 32.0 Å². The summed E-state index contributed by atoms with van der Waals surface area (Å²) in [7, 11) is 0. The van der Waals surface area contributed by atoms with Crippen LogP contribution in [0.3, 0.4) is 0 Å². The number of carbonyl (C=O) groups excluding carboxylic acids is 1. The number of pyridine rings is 1. The molecule has 0 radical (unpaired) electrons. The third-order valence-electron chi connectivity index (χ3n) is 4.58. The molecule has 1 fully saturated rings. The van der Waals surface area contributed by atoms with Crippen molar-refractivity contribution in [3.63, 3.8) is 0 Å². The van der Waals surface area contributed by atoms with Gasteiger partial charge >= 0.3 is 0 Å². The molecule has 0 aliphatic carbocycles. The summed E-state index contributed by atoms with van der Waals surface area (Å²) in [6, 6.07) is 10.4. The zero-order chi connectivity index (χ0) is 18.7. The Balaban J connectivity index is 1.75. The molecule has 2 heterocycles. The molecule has 6 heteroatoms. The summed E-state index contributed by atoms with van der Waals surface area (Å²) in [5.41, 5.74) is 0.883. The van der Waals surface area contributed by atoms with Crippen molar-refractivity contribution in [2.45, 2.75) is 44.9 Å². The SMILES string of the molecule is CC1(C)C[C@H](NC(=O)c2ccc(=O)n(Cc3ccccc3Cl)c2)CCO1. The van der Waals surface area contributed by atoms with Gasteiger partial charge < -0.3 is 14.6 Å². The van der Waals surface area contributed by atoms with Gasteiger partial charge in [-0.3, -0.25) is 9.59 Å². The second-order valence-corrected chi connectivity index (χ2v) is 7.65. The van der Waals surface area contributed by atoms with Crippen LogP contribution in [-0.4, -0.2) is 28.7 Å². The van der Waals surface area contributed by atoms with Crippen LogP contribution in [0, 0.1) is 0 Å². The molecule has 1 aliphatic rings. The van der Waals surface area contributed by atoms with Crippen molar-refractivity contribution in [3.05, 3.63) is 69.1 Å². The first-order valence-electron chi connectivity index (χ1n) is 8.73. The average molecular weight is 375 g/mol. The molecule has 138 valence electrons. The highest BCUT2D eigenvalue weighted by Gasteiger charge is 2.29. The third-order valence-corrected chi connectivity index (χ3v) is 4.95. The second kappa shape index (κ2) is 7.64. The predicted molar refractivity (Wildman–Crippen MR) is 102 cm³/mol. The van der Waals surface area contributed by atoms with E-state index in [0.29, 0.717) is 23.7 Å². The van der Waals surface area contributed by atoms with Crippen LogP contribution in [-0.2, 0) is 11.3 Å². The summed E-state index contributed by atoms with van der Waals surface area (Å²) in [6.45, 7) is 5.00. The van der Waals surface area contributed by atoms with E-state index in [0.717, 1.165) is 18.4 Å². The fourth-order valence-electron chi connectivity index (χ4n) is 3.22. The van der Waals surface area contributed by atoms with Gasteiger partial charge in [0.1, 0.15) is 0 Å². The Hall–Kier alpha value is -2.11. The number of carbonyl (C=O) groups is 1. The van der Waals surface area contributed by atoms with Gasteiger partial charge in [0.05, 0.1) is 17.7 Å². The Bertz CT molecular complexity index is 860. The lowest BCUT2D eigenvalue weighted by Gasteiger charge is -2.35.